The second-order valence-electron chi connectivity index (χ2n) is 5.74. The largest absolute Gasteiger partial charge is 0.507 e. The molecular formula is C16H21NO5. The zero-order valence-electron chi connectivity index (χ0n) is 13.4. The van der Waals surface area contributed by atoms with Crippen molar-refractivity contribution in [3.8, 4) is 5.75 Å². The van der Waals surface area contributed by atoms with Gasteiger partial charge in [-0.3, -0.25) is 5.32 Å². The maximum absolute atomic E-state index is 11.8. The SMILES string of the molecule is COC(=O)C(=Cc1cc(C)ccc1O)NC(=O)OC(C)(C)C. The summed E-state index contributed by atoms with van der Waals surface area (Å²) in [6.07, 6.45) is 0.550. The number of ether oxygens (including phenoxy) is 2. The van der Waals surface area contributed by atoms with Crippen LogP contribution in [-0.2, 0) is 14.3 Å². The molecule has 0 aliphatic carbocycles. The molecule has 0 spiro atoms. The summed E-state index contributed by atoms with van der Waals surface area (Å²) in [6.45, 7) is 6.97. The van der Waals surface area contributed by atoms with Crippen LogP contribution in [0.3, 0.4) is 0 Å². The normalized spacial score (nSPS) is 11.8. The number of hydrogen-bond acceptors (Lipinski definition) is 5. The number of methoxy groups -OCH3 is 1. The van der Waals surface area contributed by atoms with Crippen molar-refractivity contribution >= 4 is 18.1 Å². The van der Waals surface area contributed by atoms with Gasteiger partial charge in [0.05, 0.1) is 7.11 Å². The minimum atomic E-state index is -0.781. The Balaban J connectivity index is 3.08. The summed E-state index contributed by atoms with van der Waals surface area (Å²) in [7, 11) is 1.20. The third-order valence-corrected chi connectivity index (χ3v) is 2.52. The molecule has 0 saturated heterocycles. The Morgan fingerprint density at radius 2 is 1.91 bits per heavy atom. The molecule has 22 heavy (non-hydrogen) atoms. The van der Waals surface area contributed by atoms with Crippen molar-refractivity contribution in [1.29, 1.82) is 0 Å². The lowest BCUT2D eigenvalue weighted by molar-refractivity contribution is -0.136. The lowest BCUT2D eigenvalue weighted by Gasteiger charge is -2.20. The molecule has 0 bridgehead atoms. The zero-order chi connectivity index (χ0) is 16.9. The summed E-state index contributed by atoms with van der Waals surface area (Å²) in [4.78, 5) is 23.6. The van der Waals surface area contributed by atoms with E-state index < -0.39 is 17.7 Å². The number of hydrogen-bond donors (Lipinski definition) is 2. The van der Waals surface area contributed by atoms with Crippen molar-refractivity contribution in [2.45, 2.75) is 33.3 Å². The van der Waals surface area contributed by atoms with Crippen molar-refractivity contribution in [3.63, 3.8) is 0 Å². The Bertz CT molecular complexity index is 599. The summed E-state index contributed by atoms with van der Waals surface area (Å²) in [5.74, 6) is -0.759. The van der Waals surface area contributed by atoms with Crippen molar-refractivity contribution in [2.75, 3.05) is 7.11 Å². The number of phenolic OH excluding ortho intramolecular Hbond substituents is 1. The summed E-state index contributed by atoms with van der Waals surface area (Å²) in [5, 5.41) is 12.2. The number of phenols is 1. The van der Waals surface area contributed by atoms with Gasteiger partial charge in [0, 0.05) is 5.56 Å². The van der Waals surface area contributed by atoms with E-state index in [9.17, 15) is 14.7 Å². The van der Waals surface area contributed by atoms with Gasteiger partial charge in [-0.25, -0.2) is 9.59 Å². The highest BCUT2D eigenvalue weighted by atomic mass is 16.6. The number of aromatic hydroxyl groups is 1. The molecule has 0 aromatic heterocycles. The van der Waals surface area contributed by atoms with E-state index in [4.69, 9.17) is 4.74 Å². The first-order valence-corrected chi connectivity index (χ1v) is 6.72. The highest BCUT2D eigenvalue weighted by Gasteiger charge is 2.20. The maximum atomic E-state index is 11.8. The number of alkyl carbamates (subject to hydrolysis) is 1. The van der Waals surface area contributed by atoms with Gasteiger partial charge in [0.25, 0.3) is 0 Å². The maximum Gasteiger partial charge on any atom is 0.412 e. The van der Waals surface area contributed by atoms with E-state index in [2.05, 4.69) is 10.1 Å². The molecule has 1 aromatic rings. The highest BCUT2D eigenvalue weighted by Crippen LogP contribution is 2.21. The molecule has 0 atom stereocenters. The molecule has 6 heteroatoms. The number of aryl methyl sites for hydroxylation is 1. The first-order valence-electron chi connectivity index (χ1n) is 6.72. The van der Waals surface area contributed by atoms with Crippen LogP contribution in [-0.4, -0.2) is 29.9 Å². The molecule has 0 saturated carbocycles. The topological polar surface area (TPSA) is 84.9 Å². The van der Waals surface area contributed by atoms with E-state index in [0.717, 1.165) is 5.56 Å². The first-order chi connectivity index (χ1) is 10.1. The van der Waals surface area contributed by atoms with Crippen LogP contribution in [0.5, 0.6) is 5.75 Å². The Hall–Kier alpha value is -2.50. The molecule has 0 radical (unpaired) electrons. The minimum absolute atomic E-state index is 0.0157. The van der Waals surface area contributed by atoms with Gasteiger partial charge in [-0.05, 0) is 45.9 Å². The van der Waals surface area contributed by atoms with Crippen LogP contribution in [0.25, 0.3) is 6.08 Å². The Morgan fingerprint density at radius 1 is 1.27 bits per heavy atom. The number of nitrogens with one attached hydrogen (secondary N) is 1. The lowest BCUT2D eigenvalue weighted by atomic mass is 10.1. The Labute approximate surface area is 129 Å². The zero-order valence-corrected chi connectivity index (χ0v) is 13.4. The molecule has 0 aliphatic rings. The summed E-state index contributed by atoms with van der Waals surface area (Å²) in [6, 6.07) is 4.91. The fourth-order valence-corrected chi connectivity index (χ4v) is 1.61. The van der Waals surface area contributed by atoms with Crippen LogP contribution in [0.15, 0.2) is 23.9 Å². The highest BCUT2D eigenvalue weighted by molar-refractivity contribution is 5.97. The fraction of sp³-hybridized carbons (Fsp3) is 0.375. The monoisotopic (exact) mass is 307 g/mol. The molecule has 1 rings (SSSR count). The lowest BCUT2D eigenvalue weighted by Crippen LogP contribution is -2.34. The van der Waals surface area contributed by atoms with E-state index in [-0.39, 0.29) is 11.4 Å². The molecular weight excluding hydrogens is 286 g/mol. The smallest absolute Gasteiger partial charge is 0.412 e. The van der Waals surface area contributed by atoms with Gasteiger partial charge in [0.15, 0.2) is 0 Å². The van der Waals surface area contributed by atoms with Crippen LogP contribution < -0.4 is 5.32 Å². The third kappa shape index (κ3) is 5.47. The standard InChI is InChI=1S/C16H21NO5/c1-10-6-7-13(18)11(8-10)9-12(14(19)21-5)17-15(20)22-16(2,3)4/h6-9,18H,1-5H3,(H,17,20). The summed E-state index contributed by atoms with van der Waals surface area (Å²) in [5.41, 5.74) is 0.455. The van der Waals surface area contributed by atoms with Crippen molar-refractivity contribution in [1.82, 2.24) is 5.32 Å². The molecule has 1 amide bonds. The quantitative estimate of drug-likeness (QED) is 0.662. The first kappa shape index (κ1) is 17.6. The van der Waals surface area contributed by atoms with Gasteiger partial charge in [-0.2, -0.15) is 0 Å². The third-order valence-electron chi connectivity index (χ3n) is 2.52. The summed E-state index contributed by atoms with van der Waals surface area (Å²) >= 11 is 0. The van der Waals surface area contributed by atoms with E-state index >= 15 is 0 Å². The molecule has 2 N–H and O–H groups in total. The van der Waals surface area contributed by atoms with Gasteiger partial charge in [-0.15, -0.1) is 0 Å². The van der Waals surface area contributed by atoms with Crippen LogP contribution in [0.1, 0.15) is 31.9 Å². The number of carbonyl (C=O) groups is 2. The predicted octanol–water partition coefficient (Wildman–Crippen LogP) is 2.74. The van der Waals surface area contributed by atoms with Crippen molar-refractivity contribution in [3.05, 3.63) is 35.0 Å². The van der Waals surface area contributed by atoms with Crippen LogP contribution >= 0.6 is 0 Å². The Morgan fingerprint density at radius 3 is 2.45 bits per heavy atom. The van der Waals surface area contributed by atoms with E-state index in [1.54, 1.807) is 32.9 Å². The number of esters is 1. The van der Waals surface area contributed by atoms with Crippen LogP contribution in [0.4, 0.5) is 4.79 Å². The van der Waals surface area contributed by atoms with E-state index in [0.29, 0.717) is 5.56 Å². The predicted molar refractivity (Wildman–Crippen MR) is 82.2 cm³/mol. The molecule has 0 aliphatic heterocycles. The number of rotatable bonds is 3. The van der Waals surface area contributed by atoms with Gasteiger partial charge >= 0.3 is 12.1 Å². The second-order valence-corrected chi connectivity index (χ2v) is 5.74. The number of benzene rings is 1. The fourth-order valence-electron chi connectivity index (χ4n) is 1.61. The molecule has 0 fully saturated rings. The molecule has 120 valence electrons. The molecule has 1 aromatic carbocycles. The second kappa shape index (κ2) is 6.98. The van der Waals surface area contributed by atoms with Gasteiger partial charge in [0.2, 0.25) is 0 Å². The van der Waals surface area contributed by atoms with Crippen LogP contribution in [0.2, 0.25) is 0 Å². The molecule has 0 unspecified atom stereocenters. The van der Waals surface area contributed by atoms with Crippen molar-refractivity contribution < 1.29 is 24.2 Å². The van der Waals surface area contributed by atoms with Gasteiger partial charge < -0.3 is 14.6 Å². The van der Waals surface area contributed by atoms with E-state index in [1.165, 1.54) is 19.3 Å². The average Bonchev–Trinajstić information content (AvgIpc) is 2.39. The van der Waals surface area contributed by atoms with Gasteiger partial charge in [-0.1, -0.05) is 11.6 Å². The van der Waals surface area contributed by atoms with E-state index in [1.807, 2.05) is 6.92 Å². The number of carbonyl (C=O) groups excluding carboxylic acids is 2. The van der Waals surface area contributed by atoms with Gasteiger partial charge in [0.1, 0.15) is 17.0 Å². The molecule has 0 heterocycles. The average molecular weight is 307 g/mol. The van der Waals surface area contributed by atoms with Crippen molar-refractivity contribution in [2.24, 2.45) is 0 Å². The summed E-state index contributed by atoms with van der Waals surface area (Å²) < 4.78 is 9.72. The number of amides is 1. The van der Waals surface area contributed by atoms with Crippen LogP contribution in [0, 0.1) is 6.92 Å². The molecule has 6 nitrogen and oxygen atoms in total. The minimum Gasteiger partial charge on any atom is -0.507 e. The Kier molecular flexibility index (Phi) is 5.56.